The van der Waals surface area contributed by atoms with Gasteiger partial charge in [-0.15, -0.1) is 0 Å². The van der Waals surface area contributed by atoms with Crippen LogP contribution in [0.2, 0.25) is 0 Å². The standard InChI is InChI=1S/C18H27N3O3/c1-11(2)17(22)19-15-7-6-12(3)16(8-15)20-18(23)21-9-13(4)24-14(5)10-21/h6-8,11,13-14H,9-10H2,1-5H3,(H,19,22)(H,20,23)/t13-,14+. The van der Waals surface area contributed by atoms with Gasteiger partial charge in [0.1, 0.15) is 0 Å². The number of hydrogen-bond acceptors (Lipinski definition) is 3. The highest BCUT2D eigenvalue weighted by Crippen LogP contribution is 2.22. The van der Waals surface area contributed by atoms with E-state index in [1.165, 1.54) is 0 Å². The average molecular weight is 333 g/mol. The van der Waals surface area contributed by atoms with Crippen molar-refractivity contribution in [2.45, 2.75) is 46.8 Å². The van der Waals surface area contributed by atoms with E-state index in [1.807, 2.05) is 46.8 Å². The summed E-state index contributed by atoms with van der Waals surface area (Å²) in [5.41, 5.74) is 2.33. The Bertz CT molecular complexity index is 606. The van der Waals surface area contributed by atoms with E-state index in [1.54, 1.807) is 11.0 Å². The second-order valence-corrected chi connectivity index (χ2v) is 6.77. The molecule has 1 aromatic rings. The van der Waals surface area contributed by atoms with Gasteiger partial charge in [-0.3, -0.25) is 4.79 Å². The molecule has 1 aliphatic heterocycles. The summed E-state index contributed by atoms with van der Waals surface area (Å²) in [6.07, 6.45) is 0.0505. The summed E-state index contributed by atoms with van der Waals surface area (Å²) in [6, 6.07) is 5.37. The average Bonchev–Trinajstić information content (AvgIpc) is 2.49. The fraction of sp³-hybridized carbons (Fsp3) is 0.556. The molecule has 3 amide bonds. The lowest BCUT2D eigenvalue weighted by Crippen LogP contribution is -2.49. The van der Waals surface area contributed by atoms with Crippen molar-refractivity contribution in [1.29, 1.82) is 0 Å². The normalized spacial score (nSPS) is 20.8. The first-order chi connectivity index (χ1) is 11.3. The third-order valence-electron chi connectivity index (χ3n) is 3.98. The molecule has 1 aromatic carbocycles. The number of aryl methyl sites for hydroxylation is 1. The number of carbonyl (C=O) groups excluding carboxylic acids is 2. The van der Waals surface area contributed by atoms with Crippen molar-refractivity contribution >= 4 is 23.3 Å². The molecule has 1 fully saturated rings. The Morgan fingerprint density at radius 2 is 1.79 bits per heavy atom. The lowest BCUT2D eigenvalue weighted by Gasteiger charge is -2.35. The predicted molar refractivity (Wildman–Crippen MR) is 95.2 cm³/mol. The molecule has 2 rings (SSSR count). The molecule has 0 unspecified atom stereocenters. The second kappa shape index (κ2) is 7.66. The van der Waals surface area contributed by atoms with Gasteiger partial charge < -0.3 is 20.3 Å². The molecule has 0 aromatic heterocycles. The van der Waals surface area contributed by atoms with Crippen LogP contribution in [-0.4, -0.2) is 42.1 Å². The Morgan fingerprint density at radius 3 is 2.38 bits per heavy atom. The highest BCUT2D eigenvalue weighted by atomic mass is 16.5. The number of nitrogens with zero attached hydrogens (tertiary/aromatic N) is 1. The number of carbonyl (C=O) groups is 2. The number of amides is 3. The smallest absolute Gasteiger partial charge is 0.322 e. The molecule has 24 heavy (non-hydrogen) atoms. The maximum absolute atomic E-state index is 12.5. The zero-order valence-corrected chi connectivity index (χ0v) is 15.1. The summed E-state index contributed by atoms with van der Waals surface area (Å²) in [5, 5.41) is 5.80. The topological polar surface area (TPSA) is 70.7 Å². The van der Waals surface area contributed by atoms with Gasteiger partial charge in [0.15, 0.2) is 0 Å². The predicted octanol–water partition coefficient (Wildman–Crippen LogP) is 3.23. The van der Waals surface area contributed by atoms with Gasteiger partial charge >= 0.3 is 6.03 Å². The van der Waals surface area contributed by atoms with Gasteiger partial charge in [-0.05, 0) is 38.5 Å². The lowest BCUT2D eigenvalue weighted by molar-refractivity contribution is -0.118. The van der Waals surface area contributed by atoms with Gasteiger partial charge in [0.05, 0.1) is 12.2 Å². The van der Waals surface area contributed by atoms with E-state index in [0.29, 0.717) is 24.5 Å². The van der Waals surface area contributed by atoms with Gasteiger partial charge in [-0.2, -0.15) is 0 Å². The van der Waals surface area contributed by atoms with E-state index in [9.17, 15) is 9.59 Å². The molecule has 6 heteroatoms. The summed E-state index contributed by atoms with van der Waals surface area (Å²) in [7, 11) is 0. The Morgan fingerprint density at radius 1 is 1.17 bits per heavy atom. The van der Waals surface area contributed by atoms with Crippen LogP contribution in [0.1, 0.15) is 33.3 Å². The molecule has 1 saturated heterocycles. The second-order valence-electron chi connectivity index (χ2n) is 6.77. The summed E-state index contributed by atoms with van der Waals surface area (Å²) >= 11 is 0. The highest BCUT2D eigenvalue weighted by molar-refractivity contribution is 5.94. The van der Waals surface area contributed by atoms with Crippen LogP contribution in [0, 0.1) is 12.8 Å². The molecule has 0 radical (unpaired) electrons. The minimum Gasteiger partial charge on any atom is -0.372 e. The highest BCUT2D eigenvalue weighted by Gasteiger charge is 2.26. The number of benzene rings is 1. The summed E-state index contributed by atoms with van der Waals surface area (Å²) in [6.45, 7) is 10.7. The molecule has 1 aliphatic rings. The van der Waals surface area contributed by atoms with Crippen LogP contribution in [0.5, 0.6) is 0 Å². The van der Waals surface area contributed by atoms with E-state index >= 15 is 0 Å². The van der Waals surface area contributed by atoms with E-state index in [-0.39, 0.29) is 30.1 Å². The van der Waals surface area contributed by atoms with E-state index < -0.39 is 0 Å². The number of ether oxygens (including phenoxy) is 1. The zero-order chi connectivity index (χ0) is 17.9. The quantitative estimate of drug-likeness (QED) is 0.892. The number of anilines is 2. The third kappa shape index (κ3) is 4.71. The van der Waals surface area contributed by atoms with Crippen LogP contribution < -0.4 is 10.6 Å². The molecule has 0 bridgehead atoms. The van der Waals surface area contributed by atoms with Gasteiger partial charge in [-0.1, -0.05) is 19.9 Å². The van der Waals surface area contributed by atoms with Crippen molar-refractivity contribution in [3.05, 3.63) is 23.8 Å². The first-order valence-corrected chi connectivity index (χ1v) is 8.39. The number of nitrogens with one attached hydrogen (secondary N) is 2. The van der Waals surface area contributed by atoms with E-state index in [4.69, 9.17) is 4.74 Å². The maximum atomic E-state index is 12.5. The largest absolute Gasteiger partial charge is 0.372 e. The van der Waals surface area contributed by atoms with Crippen LogP contribution in [0.4, 0.5) is 16.2 Å². The fourth-order valence-corrected chi connectivity index (χ4v) is 2.66. The first-order valence-electron chi connectivity index (χ1n) is 8.39. The molecular weight excluding hydrogens is 306 g/mol. The summed E-state index contributed by atoms with van der Waals surface area (Å²) in [5.74, 6) is -0.146. The van der Waals surface area contributed by atoms with Crippen LogP contribution in [0.3, 0.4) is 0 Å². The minimum atomic E-state index is -0.146. The van der Waals surface area contributed by atoms with Crippen LogP contribution in [0.25, 0.3) is 0 Å². The fourth-order valence-electron chi connectivity index (χ4n) is 2.66. The Kier molecular flexibility index (Phi) is 5.83. The number of morpholine rings is 1. The van der Waals surface area contributed by atoms with E-state index in [2.05, 4.69) is 10.6 Å². The molecule has 0 spiro atoms. The molecule has 0 aliphatic carbocycles. The number of urea groups is 1. The SMILES string of the molecule is Cc1ccc(NC(=O)C(C)C)cc1NC(=O)N1C[C@@H](C)O[C@@H](C)C1. The monoisotopic (exact) mass is 333 g/mol. The minimum absolute atomic E-state index is 0.0252. The van der Waals surface area contributed by atoms with Crippen molar-refractivity contribution in [2.24, 2.45) is 5.92 Å². The first kappa shape index (κ1) is 18.3. The Hall–Kier alpha value is -2.08. The van der Waals surface area contributed by atoms with Crippen molar-refractivity contribution in [1.82, 2.24) is 4.90 Å². The molecule has 132 valence electrons. The molecule has 6 nitrogen and oxygen atoms in total. The van der Waals surface area contributed by atoms with Crippen LogP contribution >= 0.6 is 0 Å². The van der Waals surface area contributed by atoms with Crippen molar-refractivity contribution in [2.75, 3.05) is 23.7 Å². The molecule has 1 heterocycles. The molecule has 2 N–H and O–H groups in total. The van der Waals surface area contributed by atoms with Crippen molar-refractivity contribution < 1.29 is 14.3 Å². The third-order valence-corrected chi connectivity index (χ3v) is 3.98. The molecule has 0 saturated carbocycles. The van der Waals surface area contributed by atoms with E-state index in [0.717, 1.165) is 5.56 Å². The van der Waals surface area contributed by atoms with Crippen LogP contribution in [0.15, 0.2) is 18.2 Å². The summed E-state index contributed by atoms with van der Waals surface area (Å²) in [4.78, 5) is 26.1. The molecule has 2 atom stereocenters. The van der Waals surface area contributed by atoms with Gasteiger partial charge in [-0.25, -0.2) is 4.79 Å². The van der Waals surface area contributed by atoms with Crippen molar-refractivity contribution in [3.63, 3.8) is 0 Å². The number of rotatable bonds is 3. The maximum Gasteiger partial charge on any atom is 0.322 e. The lowest BCUT2D eigenvalue weighted by atomic mass is 10.1. The van der Waals surface area contributed by atoms with Crippen LogP contribution in [-0.2, 0) is 9.53 Å². The summed E-state index contributed by atoms with van der Waals surface area (Å²) < 4.78 is 5.66. The Labute approximate surface area is 143 Å². The number of hydrogen-bond donors (Lipinski definition) is 2. The van der Waals surface area contributed by atoms with Gasteiger partial charge in [0.25, 0.3) is 0 Å². The van der Waals surface area contributed by atoms with Gasteiger partial charge in [0, 0.05) is 30.4 Å². The van der Waals surface area contributed by atoms with Gasteiger partial charge in [0.2, 0.25) is 5.91 Å². The molecular formula is C18H27N3O3. The zero-order valence-electron chi connectivity index (χ0n) is 15.1. The Balaban J connectivity index is 2.08. The van der Waals surface area contributed by atoms with Crippen molar-refractivity contribution in [3.8, 4) is 0 Å².